The molecule has 1 aliphatic heterocycles. The van der Waals surface area contributed by atoms with Gasteiger partial charge >= 0.3 is 0 Å². The lowest BCUT2D eigenvalue weighted by Crippen LogP contribution is -2.48. The number of amides is 1. The Balaban J connectivity index is 1.83. The van der Waals surface area contributed by atoms with Crippen LogP contribution in [0.15, 0.2) is 48.5 Å². The largest absolute Gasteiger partial charge is 0.385 e. The number of halogens is 1. The second-order valence-corrected chi connectivity index (χ2v) is 11.8. The molecule has 0 unspecified atom stereocenters. The molecule has 1 fully saturated rings. The van der Waals surface area contributed by atoms with Crippen LogP contribution in [0.1, 0.15) is 64.4 Å². The first-order valence-corrected chi connectivity index (χ1v) is 14.6. The molecule has 0 aromatic heterocycles. The van der Waals surface area contributed by atoms with E-state index in [1.807, 2.05) is 48.3 Å². The van der Waals surface area contributed by atoms with Crippen molar-refractivity contribution in [1.82, 2.24) is 10.2 Å². The SMILES string of the molecule is CNC[C@@H](CC(=O)N1CCC[C@@H]([C@@](O)(CCCCOC)c2cccc(-c3ccc(Cl)cc3)c2)C1)CC(C)C. The van der Waals surface area contributed by atoms with Gasteiger partial charge in [0.05, 0.1) is 5.60 Å². The van der Waals surface area contributed by atoms with Crippen molar-refractivity contribution in [3.8, 4) is 11.1 Å². The van der Waals surface area contributed by atoms with Crippen molar-refractivity contribution in [2.45, 2.75) is 64.4 Å². The van der Waals surface area contributed by atoms with Gasteiger partial charge in [-0.1, -0.05) is 55.8 Å². The average Bonchev–Trinajstić information content (AvgIpc) is 2.91. The molecule has 2 aromatic carbocycles. The number of benzene rings is 2. The summed E-state index contributed by atoms with van der Waals surface area (Å²) >= 11 is 6.11. The summed E-state index contributed by atoms with van der Waals surface area (Å²) in [6.07, 6.45) is 5.80. The molecule has 3 rings (SSSR count). The summed E-state index contributed by atoms with van der Waals surface area (Å²) in [7, 11) is 3.67. The minimum atomic E-state index is -1.02. The molecule has 6 heteroatoms. The zero-order chi connectivity index (χ0) is 27.5. The zero-order valence-corrected chi connectivity index (χ0v) is 24.5. The summed E-state index contributed by atoms with van der Waals surface area (Å²) in [5.74, 6) is 1.08. The number of aliphatic hydroxyl groups is 1. The molecule has 5 nitrogen and oxygen atoms in total. The average molecular weight is 543 g/mol. The number of hydrogen-bond acceptors (Lipinski definition) is 4. The Labute approximate surface area is 234 Å². The first-order chi connectivity index (χ1) is 18.3. The Morgan fingerprint density at radius 2 is 1.95 bits per heavy atom. The summed E-state index contributed by atoms with van der Waals surface area (Å²) in [5.41, 5.74) is 2.03. The number of likely N-dealkylation sites (tertiary alicyclic amines) is 1. The molecular weight excluding hydrogens is 496 g/mol. The summed E-state index contributed by atoms with van der Waals surface area (Å²) in [6, 6.07) is 16.1. The molecule has 0 bridgehead atoms. The second kappa shape index (κ2) is 15.0. The van der Waals surface area contributed by atoms with Crippen LogP contribution in [-0.2, 0) is 15.1 Å². The van der Waals surface area contributed by atoms with E-state index in [1.54, 1.807) is 7.11 Å². The lowest BCUT2D eigenvalue weighted by molar-refractivity contribution is -0.137. The van der Waals surface area contributed by atoms with E-state index in [0.717, 1.165) is 61.9 Å². The van der Waals surface area contributed by atoms with Crippen molar-refractivity contribution in [2.75, 3.05) is 40.4 Å². The quantitative estimate of drug-likeness (QED) is 0.267. The van der Waals surface area contributed by atoms with Crippen molar-refractivity contribution >= 4 is 17.5 Å². The highest BCUT2D eigenvalue weighted by molar-refractivity contribution is 6.30. The number of piperidine rings is 1. The van der Waals surface area contributed by atoms with E-state index in [4.69, 9.17) is 16.3 Å². The van der Waals surface area contributed by atoms with Gasteiger partial charge in [-0.2, -0.15) is 0 Å². The molecule has 210 valence electrons. The first-order valence-electron chi connectivity index (χ1n) is 14.3. The molecule has 0 radical (unpaired) electrons. The maximum atomic E-state index is 13.4. The van der Waals surface area contributed by atoms with Gasteiger partial charge in [-0.15, -0.1) is 0 Å². The van der Waals surface area contributed by atoms with E-state index in [0.29, 0.717) is 42.9 Å². The van der Waals surface area contributed by atoms with Gasteiger partial charge in [0.1, 0.15) is 0 Å². The molecule has 0 aliphatic carbocycles. The molecular formula is C32H47ClN2O3. The Bertz CT molecular complexity index is 996. The summed E-state index contributed by atoms with van der Waals surface area (Å²) in [6.45, 7) is 7.32. The molecule has 1 saturated heterocycles. The number of ether oxygens (including phenoxy) is 1. The highest BCUT2D eigenvalue weighted by Crippen LogP contribution is 2.41. The van der Waals surface area contributed by atoms with E-state index in [9.17, 15) is 9.90 Å². The fourth-order valence-corrected chi connectivity index (χ4v) is 6.13. The van der Waals surface area contributed by atoms with Gasteiger partial charge in [0.25, 0.3) is 0 Å². The summed E-state index contributed by atoms with van der Waals surface area (Å²) in [4.78, 5) is 15.4. The number of hydrogen-bond donors (Lipinski definition) is 2. The molecule has 3 atom stereocenters. The Morgan fingerprint density at radius 3 is 2.63 bits per heavy atom. The van der Waals surface area contributed by atoms with Gasteiger partial charge in [-0.05, 0) is 98.8 Å². The van der Waals surface area contributed by atoms with Crippen LogP contribution in [0.5, 0.6) is 0 Å². The molecule has 2 aromatic rings. The van der Waals surface area contributed by atoms with Crippen molar-refractivity contribution in [3.05, 3.63) is 59.1 Å². The fourth-order valence-electron chi connectivity index (χ4n) is 6.00. The summed E-state index contributed by atoms with van der Waals surface area (Å²) in [5, 5.41) is 16.4. The van der Waals surface area contributed by atoms with Crippen molar-refractivity contribution in [1.29, 1.82) is 0 Å². The Morgan fingerprint density at radius 1 is 1.18 bits per heavy atom. The van der Waals surface area contributed by atoms with E-state index < -0.39 is 5.60 Å². The molecule has 0 spiro atoms. The highest BCUT2D eigenvalue weighted by Gasteiger charge is 2.41. The molecule has 0 saturated carbocycles. The smallest absolute Gasteiger partial charge is 0.222 e. The third-order valence-corrected chi connectivity index (χ3v) is 8.16. The van der Waals surface area contributed by atoms with Crippen molar-refractivity contribution in [2.24, 2.45) is 17.8 Å². The predicted molar refractivity (Wildman–Crippen MR) is 157 cm³/mol. The number of nitrogens with zero attached hydrogens (tertiary/aromatic N) is 1. The van der Waals surface area contributed by atoms with Gasteiger partial charge in [0, 0.05) is 44.2 Å². The lowest BCUT2D eigenvalue weighted by atomic mass is 9.73. The maximum absolute atomic E-state index is 13.4. The third kappa shape index (κ3) is 8.54. The van der Waals surface area contributed by atoms with Gasteiger partial charge in [-0.3, -0.25) is 4.79 Å². The van der Waals surface area contributed by atoms with Crippen LogP contribution < -0.4 is 5.32 Å². The van der Waals surface area contributed by atoms with Crippen LogP contribution in [0.3, 0.4) is 0 Å². The molecule has 1 heterocycles. The topological polar surface area (TPSA) is 61.8 Å². The van der Waals surface area contributed by atoms with Crippen molar-refractivity contribution in [3.63, 3.8) is 0 Å². The molecule has 1 aliphatic rings. The van der Waals surface area contributed by atoms with Crippen LogP contribution in [-0.4, -0.2) is 56.3 Å². The number of unbranched alkanes of at least 4 members (excludes halogenated alkanes) is 1. The third-order valence-electron chi connectivity index (χ3n) is 7.91. The maximum Gasteiger partial charge on any atom is 0.222 e. The van der Waals surface area contributed by atoms with Crippen LogP contribution in [0.25, 0.3) is 11.1 Å². The first kappa shape index (κ1) is 30.6. The van der Waals surface area contributed by atoms with Crippen LogP contribution in [0.2, 0.25) is 5.02 Å². The second-order valence-electron chi connectivity index (χ2n) is 11.4. The minimum absolute atomic E-state index is 0.0175. The highest BCUT2D eigenvalue weighted by atomic mass is 35.5. The van der Waals surface area contributed by atoms with Gasteiger partial charge < -0.3 is 20.1 Å². The number of methoxy groups -OCH3 is 1. The van der Waals surface area contributed by atoms with Crippen LogP contribution >= 0.6 is 11.6 Å². The van der Waals surface area contributed by atoms with Gasteiger partial charge in [0.15, 0.2) is 0 Å². The van der Waals surface area contributed by atoms with Crippen LogP contribution in [0.4, 0.5) is 0 Å². The van der Waals surface area contributed by atoms with E-state index in [2.05, 4.69) is 31.3 Å². The molecule has 2 N–H and O–H groups in total. The Hall–Kier alpha value is -1.92. The van der Waals surface area contributed by atoms with Crippen LogP contribution in [0, 0.1) is 17.8 Å². The monoisotopic (exact) mass is 542 g/mol. The predicted octanol–water partition coefficient (Wildman–Crippen LogP) is 6.52. The zero-order valence-electron chi connectivity index (χ0n) is 23.7. The standard InChI is InChI=1S/C32H47ClN2O3/c1-24(2)19-25(22-34-3)20-31(36)35-17-8-11-29(23-35)32(37,16-5-6-18-38-4)28-10-7-9-27(21-28)26-12-14-30(33)15-13-26/h7,9-10,12-15,21,24-25,29,34,37H,5-6,8,11,16-20,22-23H2,1-4H3/t25-,29-,32-/m1/s1. The van der Waals surface area contributed by atoms with E-state index in [-0.39, 0.29) is 11.8 Å². The number of carbonyl (C=O) groups is 1. The normalized spacial score (nSPS) is 18.4. The van der Waals surface area contributed by atoms with Gasteiger partial charge in [0.2, 0.25) is 5.91 Å². The van der Waals surface area contributed by atoms with E-state index >= 15 is 0 Å². The van der Waals surface area contributed by atoms with Gasteiger partial charge in [-0.25, -0.2) is 0 Å². The van der Waals surface area contributed by atoms with Crippen molar-refractivity contribution < 1.29 is 14.6 Å². The minimum Gasteiger partial charge on any atom is -0.385 e. The Kier molecular flexibility index (Phi) is 12.1. The van der Waals surface area contributed by atoms with E-state index in [1.165, 1.54) is 0 Å². The lowest BCUT2D eigenvalue weighted by Gasteiger charge is -2.43. The molecule has 38 heavy (non-hydrogen) atoms. The molecule has 1 amide bonds. The number of carbonyl (C=O) groups excluding carboxylic acids is 1. The number of nitrogens with one attached hydrogen (secondary N) is 1. The summed E-state index contributed by atoms with van der Waals surface area (Å²) < 4.78 is 5.28. The number of rotatable bonds is 14. The fraction of sp³-hybridized carbons (Fsp3) is 0.594.